The van der Waals surface area contributed by atoms with Gasteiger partial charge in [-0.05, 0) is 161 Å². The smallest absolute Gasteiger partial charge is 0.216 e. The van der Waals surface area contributed by atoms with Gasteiger partial charge in [0.1, 0.15) is 69.7 Å². The van der Waals surface area contributed by atoms with Gasteiger partial charge in [0.2, 0.25) is 11.9 Å². The first-order valence-corrected chi connectivity index (χ1v) is 36.2. The van der Waals surface area contributed by atoms with Gasteiger partial charge in [-0.15, -0.1) is 6.58 Å². The molecular weight excluding hydrogens is 1430 g/mol. The molecule has 4 fully saturated rings. The third-order valence-electron chi connectivity index (χ3n) is 20.3. The Morgan fingerprint density at radius 1 is 0.567 bits per heavy atom. The second-order valence-electron chi connectivity index (χ2n) is 27.7. The third kappa shape index (κ3) is 15.3. The predicted octanol–water partition coefficient (Wildman–Crippen LogP) is 12.7. The summed E-state index contributed by atoms with van der Waals surface area (Å²) in [6, 6.07) is 34.2. The Morgan fingerprint density at radius 3 is 1.47 bits per heavy atom. The number of hydroxylamine groups is 4. The van der Waals surface area contributed by atoms with Crippen molar-refractivity contribution in [1.82, 2.24) is 10.1 Å². The maximum Gasteiger partial charge on any atom is 0.216 e. The van der Waals surface area contributed by atoms with Crippen molar-refractivity contribution < 1.29 is 57.0 Å². The molecule has 5 aromatic carbocycles. The topological polar surface area (TPSA) is 244 Å². The average Bonchev–Trinajstić information content (AvgIpc) is 0.753. The van der Waals surface area contributed by atoms with Gasteiger partial charge in [0.15, 0.2) is 0 Å². The quantitative estimate of drug-likeness (QED) is 0.116. The molecule has 0 aliphatic carbocycles. The summed E-state index contributed by atoms with van der Waals surface area (Å²) >= 11 is 10.7. The SMILES string of the molecule is C=CCCC1(COC)CC2(CCCOC2)Oc2ccc(Br)cc21.CCOCC1(N)CC2(CCCOC2)Oc2ccc(Br)cc21.CN1OCC2(CC3(CCCOC3)Oc3ccc(-c4cccc(C#N)c4)cc32)N=C1N.CN1OCC2(CC3(CCCOC3)Oc3ccc(Br)cc32)N=C1N. The van der Waals surface area contributed by atoms with Crippen molar-refractivity contribution in [3.63, 3.8) is 0 Å². The Balaban J connectivity index is 0.000000125. The predicted molar refractivity (Wildman–Crippen MR) is 381 cm³/mol. The van der Waals surface area contributed by atoms with E-state index in [1.807, 2.05) is 79.7 Å². The van der Waals surface area contributed by atoms with E-state index in [0.717, 1.165) is 168 Å². The Bertz CT molecular complexity index is 3740. The zero-order valence-electron chi connectivity index (χ0n) is 56.1. The standard InChI is InChI=1S/C23H24N4O3.C19H25BrO3.C16H20BrN3O3.C16H22BrNO3/c1-27-21(25)26-23(15-29-27)13-22(8-3-9-28-14-22)30-20-7-6-18(11-19(20)23)17-5-2-4-16(10-17)12-24;1-3-4-8-18(13-21-2)12-19(9-5-10-22-14-19)23-17-7-6-15(20)11-16(17)18;1-20-14(18)19-16(10-22-20)8-15(5-2-6-21-9-15)23-13-4-3-11(17)7-12(13)16;1-2-19-11-16(18)9-15(6-3-7-20-10-15)21-14-5-4-12(17)8-13(14)16/h2,4-7,10-11H,3,8-9,13-15H2,1H3,(H2,25,26);3,6-7,11H,1,4-5,8-10,12-14H2,2H3;3-4,7H,2,5-6,8-10H2,1H3,(H2,18,19);4-5,8H,2-3,6-7,9-11,18H2,1H3. The summed E-state index contributed by atoms with van der Waals surface area (Å²) in [5.74, 6) is 4.20. The van der Waals surface area contributed by atoms with Crippen LogP contribution in [-0.4, -0.2) is 152 Å². The molecule has 10 aliphatic heterocycles. The summed E-state index contributed by atoms with van der Waals surface area (Å²) in [6.45, 7) is 14.1. The molecule has 10 aliphatic rings. The molecule has 0 amide bonds. The van der Waals surface area contributed by atoms with Crippen LogP contribution in [0.15, 0.2) is 133 Å². The average molecular weight is 1520 g/mol. The first kappa shape index (κ1) is 71.0. The molecule has 97 heavy (non-hydrogen) atoms. The Kier molecular flexibility index (Phi) is 21.8. The van der Waals surface area contributed by atoms with Gasteiger partial charge >= 0.3 is 0 Å². The maximum absolute atomic E-state index is 9.26. The maximum atomic E-state index is 9.26. The molecule has 15 rings (SSSR count). The fourth-order valence-electron chi connectivity index (χ4n) is 15.9. The van der Waals surface area contributed by atoms with E-state index in [9.17, 15) is 5.26 Å². The van der Waals surface area contributed by atoms with E-state index >= 15 is 0 Å². The van der Waals surface area contributed by atoms with Crippen LogP contribution in [0, 0.1) is 11.3 Å². The summed E-state index contributed by atoms with van der Waals surface area (Å²) in [7, 11) is 5.31. The second kappa shape index (κ2) is 29.8. The molecule has 520 valence electrons. The van der Waals surface area contributed by atoms with Crippen molar-refractivity contribution in [3.05, 3.63) is 151 Å². The van der Waals surface area contributed by atoms with E-state index in [1.165, 1.54) is 15.7 Å². The fourth-order valence-corrected chi connectivity index (χ4v) is 17.0. The number of ether oxygens (including phenoxy) is 10. The molecule has 0 saturated carbocycles. The van der Waals surface area contributed by atoms with E-state index in [4.69, 9.17) is 84.2 Å². The number of rotatable bonds is 9. The van der Waals surface area contributed by atoms with E-state index in [0.29, 0.717) is 89.8 Å². The number of nitrogens with zero attached hydrogens (tertiary/aromatic N) is 5. The lowest BCUT2D eigenvalue weighted by atomic mass is 9.66. The van der Waals surface area contributed by atoms with Crippen LogP contribution < -0.4 is 36.1 Å². The normalized spacial score (nSPS) is 30.5. The molecular formula is C74H91Br3N8O12. The van der Waals surface area contributed by atoms with Crippen LogP contribution in [0.5, 0.6) is 23.0 Å². The van der Waals surface area contributed by atoms with Crippen molar-refractivity contribution in [2.75, 3.05) is 107 Å². The minimum absolute atomic E-state index is 0.0546. The molecule has 8 atom stereocenters. The van der Waals surface area contributed by atoms with Crippen LogP contribution in [0.25, 0.3) is 11.1 Å². The molecule has 0 radical (unpaired) electrons. The number of nitrogens with two attached hydrogens (primary N) is 3. The molecule has 10 heterocycles. The monoisotopic (exact) mass is 1520 g/mol. The van der Waals surface area contributed by atoms with E-state index < -0.39 is 22.2 Å². The lowest BCUT2D eigenvalue weighted by Gasteiger charge is -2.50. The van der Waals surface area contributed by atoms with Gasteiger partial charge in [0, 0.05) is 121 Å². The summed E-state index contributed by atoms with van der Waals surface area (Å²) in [5, 5.41) is 12.3. The number of aliphatic imine (C=N–C) groups is 2. The highest BCUT2D eigenvalue weighted by molar-refractivity contribution is 9.11. The number of hydrogen-bond donors (Lipinski definition) is 3. The molecule has 8 unspecified atom stereocenters. The zero-order chi connectivity index (χ0) is 68.1. The van der Waals surface area contributed by atoms with Gasteiger partial charge in [-0.3, -0.25) is 9.68 Å². The van der Waals surface area contributed by atoms with Crippen LogP contribution in [-0.2, 0) is 60.1 Å². The van der Waals surface area contributed by atoms with Gasteiger partial charge in [-0.25, -0.2) is 20.1 Å². The number of fused-ring (bicyclic) bond motifs is 6. The van der Waals surface area contributed by atoms with E-state index in [-0.39, 0.29) is 22.2 Å². The summed E-state index contributed by atoms with van der Waals surface area (Å²) in [5.41, 5.74) is 22.7. The van der Waals surface area contributed by atoms with Crippen LogP contribution in [0.1, 0.15) is 125 Å². The highest BCUT2D eigenvalue weighted by atomic mass is 79.9. The highest BCUT2D eigenvalue weighted by Crippen LogP contribution is 2.55. The number of benzene rings is 5. The summed E-state index contributed by atoms with van der Waals surface area (Å²) < 4.78 is 63.1. The number of methoxy groups -OCH3 is 1. The zero-order valence-corrected chi connectivity index (χ0v) is 60.9. The van der Waals surface area contributed by atoms with Gasteiger partial charge in [0.25, 0.3) is 0 Å². The van der Waals surface area contributed by atoms with Crippen molar-refractivity contribution in [2.24, 2.45) is 27.2 Å². The first-order valence-electron chi connectivity index (χ1n) is 33.8. The highest BCUT2D eigenvalue weighted by Gasteiger charge is 2.56. The fraction of sp³-hybridized carbons (Fsp3) is 0.527. The first-order chi connectivity index (χ1) is 46.7. The molecule has 20 nitrogen and oxygen atoms in total. The summed E-state index contributed by atoms with van der Waals surface area (Å²) in [6.07, 6.45) is 14.9. The number of guanidine groups is 2. The molecule has 6 spiro atoms. The van der Waals surface area contributed by atoms with Gasteiger partial charge in [0.05, 0.1) is 56.8 Å². The Labute approximate surface area is 595 Å². The van der Waals surface area contributed by atoms with E-state index in [2.05, 4.69) is 84.7 Å². The minimum Gasteiger partial charge on any atom is -0.485 e. The third-order valence-corrected chi connectivity index (χ3v) is 21.8. The Morgan fingerprint density at radius 2 is 1.01 bits per heavy atom. The van der Waals surface area contributed by atoms with Gasteiger partial charge < -0.3 is 64.6 Å². The van der Waals surface area contributed by atoms with Gasteiger partial charge in [-0.2, -0.15) is 5.26 Å². The number of hydrogen-bond acceptors (Lipinski definition) is 20. The largest absolute Gasteiger partial charge is 0.485 e. The lowest BCUT2D eigenvalue weighted by Crippen LogP contribution is -2.57. The molecule has 6 N–H and O–H groups in total. The van der Waals surface area contributed by atoms with Crippen LogP contribution in [0.4, 0.5) is 0 Å². The number of halogens is 3. The molecule has 0 aromatic heterocycles. The molecule has 23 heteroatoms. The number of nitriles is 1. The van der Waals surface area contributed by atoms with Crippen LogP contribution in [0.2, 0.25) is 0 Å². The minimum atomic E-state index is -0.645. The van der Waals surface area contributed by atoms with E-state index in [1.54, 1.807) is 27.3 Å². The number of allylic oxidation sites excluding steroid dienone is 1. The van der Waals surface area contributed by atoms with Crippen molar-refractivity contribution in [3.8, 4) is 40.2 Å². The van der Waals surface area contributed by atoms with Gasteiger partial charge in [-0.1, -0.05) is 72.1 Å². The second-order valence-corrected chi connectivity index (χ2v) is 30.4. The molecule has 0 bridgehead atoms. The Hall–Kier alpha value is -5.85. The van der Waals surface area contributed by atoms with Crippen molar-refractivity contribution in [2.45, 2.75) is 141 Å². The lowest BCUT2D eigenvalue weighted by molar-refractivity contribution is -0.147. The molecule has 5 aromatic rings. The molecule has 4 saturated heterocycles. The van der Waals surface area contributed by atoms with Crippen molar-refractivity contribution >= 4 is 59.7 Å². The summed E-state index contributed by atoms with van der Waals surface area (Å²) in [4.78, 5) is 21.4. The van der Waals surface area contributed by atoms with Crippen LogP contribution in [0.3, 0.4) is 0 Å². The van der Waals surface area contributed by atoms with Crippen LogP contribution >= 0.6 is 47.8 Å². The van der Waals surface area contributed by atoms with Crippen molar-refractivity contribution in [1.29, 1.82) is 5.26 Å².